The van der Waals surface area contributed by atoms with Crippen LogP contribution in [0.2, 0.25) is 0 Å². The molecular formula is C18H21BrFN. The zero-order chi connectivity index (χ0) is 15.6. The van der Waals surface area contributed by atoms with Crippen LogP contribution >= 0.6 is 15.9 Å². The van der Waals surface area contributed by atoms with Gasteiger partial charge in [0.1, 0.15) is 5.82 Å². The number of nitrogens with one attached hydrogen (secondary N) is 1. The molecule has 0 fully saturated rings. The van der Waals surface area contributed by atoms with Gasteiger partial charge in [0.25, 0.3) is 0 Å². The van der Waals surface area contributed by atoms with Crippen LogP contribution in [0.1, 0.15) is 33.9 Å². The smallest absolute Gasteiger partial charge is 0.123 e. The summed E-state index contributed by atoms with van der Waals surface area (Å²) < 4.78 is 14.4. The quantitative estimate of drug-likeness (QED) is 0.817. The lowest BCUT2D eigenvalue weighted by Crippen LogP contribution is -2.21. The van der Waals surface area contributed by atoms with E-state index in [-0.39, 0.29) is 11.9 Å². The molecule has 0 radical (unpaired) electrons. The van der Waals surface area contributed by atoms with E-state index in [4.69, 9.17) is 0 Å². The number of halogens is 2. The molecule has 0 saturated heterocycles. The summed E-state index contributed by atoms with van der Waals surface area (Å²) in [5, 5.41) is 3.37. The number of rotatable bonds is 4. The first-order valence-electron chi connectivity index (χ1n) is 7.11. The molecular weight excluding hydrogens is 329 g/mol. The Balaban J connectivity index is 2.39. The van der Waals surface area contributed by atoms with Crippen LogP contribution in [0, 0.1) is 26.6 Å². The molecule has 1 N–H and O–H groups in total. The third-order valence-electron chi connectivity index (χ3n) is 3.87. The number of benzene rings is 2. The summed E-state index contributed by atoms with van der Waals surface area (Å²) in [6.07, 6.45) is 0.750. The molecule has 1 atom stereocenters. The minimum Gasteiger partial charge on any atom is -0.313 e. The second-order valence-electron chi connectivity index (χ2n) is 5.59. The van der Waals surface area contributed by atoms with Crippen LogP contribution < -0.4 is 5.32 Å². The number of hydrogen-bond acceptors (Lipinski definition) is 1. The van der Waals surface area contributed by atoms with Gasteiger partial charge >= 0.3 is 0 Å². The largest absolute Gasteiger partial charge is 0.313 e. The van der Waals surface area contributed by atoms with Gasteiger partial charge in [-0.25, -0.2) is 4.39 Å². The SMILES string of the molecule is CNC(Cc1cc(F)ccc1Br)c1c(C)cc(C)cc1C. The van der Waals surface area contributed by atoms with Crippen molar-refractivity contribution in [3.05, 3.63) is 68.4 Å². The van der Waals surface area contributed by atoms with Crippen molar-refractivity contribution >= 4 is 15.9 Å². The maximum Gasteiger partial charge on any atom is 0.123 e. The van der Waals surface area contributed by atoms with Crippen molar-refractivity contribution in [1.29, 1.82) is 0 Å². The van der Waals surface area contributed by atoms with Crippen molar-refractivity contribution in [3.8, 4) is 0 Å². The van der Waals surface area contributed by atoms with Crippen molar-refractivity contribution in [1.82, 2.24) is 5.32 Å². The highest BCUT2D eigenvalue weighted by molar-refractivity contribution is 9.10. The normalized spacial score (nSPS) is 12.5. The molecule has 0 spiro atoms. The van der Waals surface area contributed by atoms with Gasteiger partial charge < -0.3 is 5.32 Å². The predicted octanol–water partition coefficient (Wildman–Crippen LogP) is 5.02. The molecule has 0 amide bonds. The molecule has 21 heavy (non-hydrogen) atoms. The molecule has 2 aromatic carbocycles. The molecule has 112 valence electrons. The Labute approximate surface area is 134 Å². The molecule has 3 heteroatoms. The molecule has 0 aliphatic carbocycles. The van der Waals surface area contributed by atoms with Crippen molar-refractivity contribution in [2.75, 3.05) is 7.05 Å². The molecule has 2 rings (SSSR count). The summed E-state index contributed by atoms with van der Waals surface area (Å²) in [6.45, 7) is 6.39. The summed E-state index contributed by atoms with van der Waals surface area (Å²) in [4.78, 5) is 0. The van der Waals surface area contributed by atoms with E-state index in [1.807, 2.05) is 7.05 Å². The standard InChI is InChI=1S/C18H21BrFN/c1-11-7-12(2)18(13(3)8-11)17(21-4)10-14-9-15(20)5-6-16(14)19/h5-9,17,21H,10H2,1-4H3. The molecule has 0 aliphatic heterocycles. The molecule has 0 heterocycles. The number of likely N-dealkylation sites (N-methyl/N-ethyl adjacent to an activating group) is 1. The Morgan fingerprint density at radius 3 is 2.29 bits per heavy atom. The van der Waals surface area contributed by atoms with Crippen molar-refractivity contribution in [2.45, 2.75) is 33.2 Å². The molecule has 0 bridgehead atoms. The summed E-state index contributed by atoms with van der Waals surface area (Å²) in [7, 11) is 1.95. The Morgan fingerprint density at radius 1 is 1.10 bits per heavy atom. The van der Waals surface area contributed by atoms with Gasteiger partial charge in [0.05, 0.1) is 0 Å². The fourth-order valence-corrected chi connectivity index (χ4v) is 3.42. The molecule has 0 saturated carbocycles. The van der Waals surface area contributed by atoms with E-state index in [1.54, 1.807) is 12.1 Å². The van der Waals surface area contributed by atoms with Crippen LogP contribution in [0.15, 0.2) is 34.8 Å². The topological polar surface area (TPSA) is 12.0 Å². The van der Waals surface area contributed by atoms with E-state index in [9.17, 15) is 4.39 Å². The Morgan fingerprint density at radius 2 is 1.71 bits per heavy atom. The Hall–Kier alpha value is -1.19. The number of hydrogen-bond donors (Lipinski definition) is 1. The summed E-state index contributed by atoms with van der Waals surface area (Å²) in [5.41, 5.74) is 6.11. The van der Waals surface area contributed by atoms with Gasteiger partial charge in [0, 0.05) is 10.5 Å². The third kappa shape index (κ3) is 3.72. The van der Waals surface area contributed by atoms with Crippen LogP contribution in [-0.2, 0) is 6.42 Å². The minimum atomic E-state index is -0.194. The van der Waals surface area contributed by atoms with Gasteiger partial charge in [-0.15, -0.1) is 0 Å². The van der Waals surface area contributed by atoms with Crippen molar-refractivity contribution in [3.63, 3.8) is 0 Å². The van der Waals surface area contributed by atoms with Gasteiger partial charge in [-0.05, 0) is 74.7 Å². The maximum atomic E-state index is 13.5. The zero-order valence-electron chi connectivity index (χ0n) is 12.9. The summed E-state index contributed by atoms with van der Waals surface area (Å²) in [5.74, 6) is -0.194. The average Bonchev–Trinajstić information content (AvgIpc) is 2.40. The fraction of sp³-hybridized carbons (Fsp3) is 0.333. The highest BCUT2D eigenvalue weighted by atomic mass is 79.9. The molecule has 2 aromatic rings. The molecule has 0 aliphatic rings. The van der Waals surface area contributed by atoms with E-state index in [1.165, 1.54) is 28.3 Å². The Bertz CT molecular complexity index is 629. The summed E-state index contributed by atoms with van der Waals surface area (Å²) >= 11 is 3.51. The lowest BCUT2D eigenvalue weighted by atomic mass is 9.90. The van der Waals surface area contributed by atoms with E-state index in [0.29, 0.717) is 0 Å². The zero-order valence-corrected chi connectivity index (χ0v) is 14.5. The van der Waals surface area contributed by atoms with Crippen LogP contribution in [0.25, 0.3) is 0 Å². The maximum absolute atomic E-state index is 13.5. The first kappa shape index (κ1) is 16.2. The van der Waals surface area contributed by atoms with Gasteiger partial charge in [-0.2, -0.15) is 0 Å². The summed E-state index contributed by atoms with van der Waals surface area (Å²) in [6, 6.07) is 9.42. The third-order valence-corrected chi connectivity index (χ3v) is 4.64. The van der Waals surface area contributed by atoms with E-state index in [0.717, 1.165) is 16.5 Å². The number of aryl methyl sites for hydroxylation is 3. The highest BCUT2D eigenvalue weighted by Crippen LogP contribution is 2.29. The van der Waals surface area contributed by atoms with Gasteiger partial charge in [-0.1, -0.05) is 33.6 Å². The molecule has 1 nitrogen and oxygen atoms in total. The van der Waals surface area contributed by atoms with E-state index < -0.39 is 0 Å². The van der Waals surface area contributed by atoms with Crippen LogP contribution in [0.4, 0.5) is 4.39 Å². The average molecular weight is 350 g/mol. The first-order chi connectivity index (χ1) is 9.92. The fourth-order valence-electron chi connectivity index (χ4n) is 3.01. The second-order valence-corrected chi connectivity index (χ2v) is 6.45. The highest BCUT2D eigenvalue weighted by Gasteiger charge is 2.17. The van der Waals surface area contributed by atoms with E-state index in [2.05, 4.69) is 54.2 Å². The lowest BCUT2D eigenvalue weighted by molar-refractivity contribution is 0.577. The Kier molecular flexibility index (Phi) is 5.17. The van der Waals surface area contributed by atoms with Crippen molar-refractivity contribution < 1.29 is 4.39 Å². The predicted molar refractivity (Wildman–Crippen MR) is 90.3 cm³/mol. The van der Waals surface area contributed by atoms with Gasteiger partial charge in [0.2, 0.25) is 0 Å². The minimum absolute atomic E-state index is 0.170. The lowest BCUT2D eigenvalue weighted by Gasteiger charge is -2.22. The van der Waals surface area contributed by atoms with Gasteiger partial charge in [-0.3, -0.25) is 0 Å². The van der Waals surface area contributed by atoms with Crippen LogP contribution in [-0.4, -0.2) is 7.05 Å². The second kappa shape index (κ2) is 6.71. The monoisotopic (exact) mass is 349 g/mol. The van der Waals surface area contributed by atoms with Crippen LogP contribution in [0.3, 0.4) is 0 Å². The van der Waals surface area contributed by atoms with Crippen LogP contribution in [0.5, 0.6) is 0 Å². The molecule has 1 unspecified atom stereocenters. The molecule has 0 aromatic heterocycles. The van der Waals surface area contributed by atoms with Gasteiger partial charge in [0.15, 0.2) is 0 Å². The van der Waals surface area contributed by atoms with E-state index >= 15 is 0 Å². The van der Waals surface area contributed by atoms with Crippen molar-refractivity contribution in [2.24, 2.45) is 0 Å². The first-order valence-corrected chi connectivity index (χ1v) is 7.90.